The summed E-state index contributed by atoms with van der Waals surface area (Å²) in [5.41, 5.74) is 0.855. The van der Waals surface area contributed by atoms with Gasteiger partial charge in [-0.2, -0.15) is 0 Å². The molecule has 1 N–H and O–H groups in total. The molecule has 0 amide bonds. The summed E-state index contributed by atoms with van der Waals surface area (Å²) in [6, 6.07) is 0. The predicted octanol–water partition coefficient (Wildman–Crippen LogP) is 1.24. The summed E-state index contributed by atoms with van der Waals surface area (Å²) in [4.78, 5) is 10.9. The van der Waals surface area contributed by atoms with Gasteiger partial charge in [0.05, 0.1) is 12.8 Å². The van der Waals surface area contributed by atoms with E-state index < -0.39 is 0 Å². The lowest BCUT2D eigenvalue weighted by Gasteiger charge is -2.19. The van der Waals surface area contributed by atoms with Crippen molar-refractivity contribution < 1.29 is 4.74 Å². The lowest BCUT2D eigenvalue weighted by molar-refractivity contribution is 0.154. The third kappa shape index (κ3) is 2.53. The molecule has 2 aromatic rings. The molecule has 0 spiro atoms. The van der Waals surface area contributed by atoms with Gasteiger partial charge in [0.15, 0.2) is 11.5 Å². The van der Waals surface area contributed by atoms with Gasteiger partial charge in [0, 0.05) is 39.6 Å². The molecule has 98 valence electrons. The van der Waals surface area contributed by atoms with Crippen LogP contribution in [-0.4, -0.2) is 48.2 Å². The highest BCUT2D eigenvalue weighted by Crippen LogP contribution is 2.19. The zero-order valence-electron chi connectivity index (χ0n) is 11.1. The van der Waals surface area contributed by atoms with Crippen LogP contribution in [0.1, 0.15) is 6.92 Å². The smallest absolute Gasteiger partial charge is 0.180 e. The van der Waals surface area contributed by atoms with Crippen molar-refractivity contribution in [2.45, 2.75) is 6.92 Å². The predicted molar refractivity (Wildman–Crippen MR) is 72.3 cm³/mol. The molecule has 0 aliphatic rings. The second-order valence-electron chi connectivity index (χ2n) is 3.98. The summed E-state index contributed by atoms with van der Waals surface area (Å²) < 4.78 is 7.33. The van der Waals surface area contributed by atoms with E-state index in [9.17, 15) is 0 Å². The first-order valence-corrected chi connectivity index (χ1v) is 6.06. The van der Waals surface area contributed by atoms with Crippen LogP contribution in [0.3, 0.4) is 0 Å². The first kappa shape index (κ1) is 12.6. The van der Waals surface area contributed by atoms with Gasteiger partial charge in [-0.05, 0) is 6.92 Å². The van der Waals surface area contributed by atoms with E-state index in [1.165, 1.54) is 0 Å². The van der Waals surface area contributed by atoms with Crippen LogP contribution in [-0.2, 0) is 4.74 Å². The van der Waals surface area contributed by atoms with Crippen molar-refractivity contribution in [3.05, 3.63) is 18.6 Å². The van der Waals surface area contributed by atoms with Gasteiger partial charge in [-0.25, -0.2) is 9.97 Å². The Morgan fingerprint density at radius 3 is 3.06 bits per heavy atom. The van der Waals surface area contributed by atoms with Crippen molar-refractivity contribution in [3.8, 4) is 0 Å². The van der Waals surface area contributed by atoms with Crippen LogP contribution in [0.15, 0.2) is 18.6 Å². The normalized spacial score (nSPS) is 10.8. The summed E-state index contributed by atoms with van der Waals surface area (Å²) in [7, 11) is 3.85. The third-order valence-corrected chi connectivity index (χ3v) is 2.75. The van der Waals surface area contributed by atoms with E-state index >= 15 is 0 Å². The Kier molecular flexibility index (Phi) is 3.99. The van der Waals surface area contributed by atoms with Crippen LogP contribution in [0.4, 0.5) is 11.6 Å². The van der Waals surface area contributed by atoms with E-state index in [2.05, 4.69) is 20.2 Å². The molecule has 0 bridgehead atoms. The lowest BCUT2D eigenvalue weighted by atomic mass is 10.5. The maximum atomic E-state index is 5.36. The molecule has 0 fully saturated rings. The lowest BCUT2D eigenvalue weighted by Crippen LogP contribution is -2.24. The number of fused-ring (bicyclic) bond motifs is 1. The van der Waals surface area contributed by atoms with Crippen LogP contribution in [0.2, 0.25) is 0 Å². The number of nitrogens with zero attached hydrogens (tertiary/aromatic N) is 4. The molecule has 0 unspecified atom stereocenters. The average Bonchev–Trinajstić information content (AvgIpc) is 2.85. The van der Waals surface area contributed by atoms with Gasteiger partial charge in [-0.1, -0.05) is 0 Å². The molecule has 0 aliphatic heterocycles. The van der Waals surface area contributed by atoms with Gasteiger partial charge < -0.3 is 19.4 Å². The molecule has 0 saturated heterocycles. The summed E-state index contributed by atoms with van der Waals surface area (Å²) in [5, 5.41) is 3.05. The van der Waals surface area contributed by atoms with E-state index in [0.717, 1.165) is 30.4 Å². The Hall–Kier alpha value is -1.82. The number of nitrogens with one attached hydrogen (secondary N) is 1. The molecule has 0 saturated carbocycles. The number of anilines is 2. The monoisotopic (exact) mass is 249 g/mol. The Morgan fingerprint density at radius 2 is 2.33 bits per heavy atom. The molecular weight excluding hydrogens is 230 g/mol. The van der Waals surface area contributed by atoms with Crippen molar-refractivity contribution in [2.24, 2.45) is 0 Å². The average molecular weight is 249 g/mol. The zero-order chi connectivity index (χ0) is 13.0. The molecule has 2 aromatic heterocycles. The van der Waals surface area contributed by atoms with E-state index in [-0.39, 0.29) is 0 Å². The van der Waals surface area contributed by atoms with Crippen molar-refractivity contribution in [1.82, 2.24) is 14.4 Å². The number of imidazole rings is 1. The Morgan fingerprint density at radius 1 is 1.50 bits per heavy atom. The number of hydrogen-bond donors (Lipinski definition) is 1. The van der Waals surface area contributed by atoms with Crippen molar-refractivity contribution in [3.63, 3.8) is 0 Å². The SMILES string of the molecule is CCOCCN(C)c1nc(NC)cn2ccnc12. The largest absolute Gasteiger partial charge is 0.380 e. The Bertz CT molecular complexity index is 510. The van der Waals surface area contributed by atoms with Crippen molar-refractivity contribution >= 4 is 17.3 Å². The summed E-state index contributed by atoms with van der Waals surface area (Å²) >= 11 is 0. The number of rotatable bonds is 6. The van der Waals surface area contributed by atoms with Gasteiger partial charge in [-0.15, -0.1) is 0 Å². The topological polar surface area (TPSA) is 54.7 Å². The second kappa shape index (κ2) is 5.68. The Balaban J connectivity index is 2.27. The Labute approximate surface area is 107 Å². The molecule has 18 heavy (non-hydrogen) atoms. The minimum absolute atomic E-state index is 0.686. The van der Waals surface area contributed by atoms with E-state index in [1.54, 1.807) is 6.20 Å². The molecule has 0 radical (unpaired) electrons. The molecule has 0 aromatic carbocycles. The number of likely N-dealkylation sites (N-methyl/N-ethyl adjacent to an activating group) is 1. The third-order valence-electron chi connectivity index (χ3n) is 2.75. The molecular formula is C12H19N5O. The first-order chi connectivity index (χ1) is 8.76. The van der Waals surface area contributed by atoms with Crippen LogP contribution in [0.5, 0.6) is 0 Å². The van der Waals surface area contributed by atoms with Crippen LogP contribution in [0, 0.1) is 0 Å². The van der Waals surface area contributed by atoms with Gasteiger partial charge in [0.25, 0.3) is 0 Å². The van der Waals surface area contributed by atoms with Gasteiger partial charge in [0.2, 0.25) is 0 Å². The maximum absolute atomic E-state index is 5.36. The number of ether oxygens (including phenoxy) is 1. The standard InChI is InChI=1S/C12H19N5O/c1-4-18-8-7-16(3)12-11-14-5-6-17(11)9-10(13-2)15-12/h5-6,9,13H,4,7-8H2,1-3H3. The zero-order valence-corrected chi connectivity index (χ0v) is 11.1. The van der Waals surface area contributed by atoms with Crippen LogP contribution >= 0.6 is 0 Å². The maximum Gasteiger partial charge on any atom is 0.180 e. The van der Waals surface area contributed by atoms with Gasteiger partial charge >= 0.3 is 0 Å². The fraction of sp³-hybridized carbons (Fsp3) is 0.500. The van der Waals surface area contributed by atoms with E-state index in [4.69, 9.17) is 4.74 Å². The molecule has 6 heteroatoms. The fourth-order valence-electron chi connectivity index (χ4n) is 1.74. The summed E-state index contributed by atoms with van der Waals surface area (Å²) in [6.45, 7) is 4.20. The molecule has 2 heterocycles. The summed E-state index contributed by atoms with van der Waals surface area (Å²) in [5.74, 6) is 1.67. The minimum atomic E-state index is 0.686. The van der Waals surface area contributed by atoms with Crippen LogP contribution < -0.4 is 10.2 Å². The molecule has 6 nitrogen and oxygen atoms in total. The highest BCUT2D eigenvalue weighted by molar-refractivity contribution is 5.66. The molecule has 0 aliphatic carbocycles. The quantitative estimate of drug-likeness (QED) is 0.781. The summed E-state index contributed by atoms with van der Waals surface area (Å²) in [6.07, 6.45) is 5.61. The second-order valence-corrected chi connectivity index (χ2v) is 3.98. The number of aromatic nitrogens is 3. The van der Waals surface area contributed by atoms with Crippen molar-refractivity contribution in [2.75, 3.05) is 44.1 Å². The van der Waals surface area contributed by atoms with Gasteiger partial charge in [-0.3, -0.25) is 0 Å². The highest BCUT2D eigenvalue weighted by Gasteiger charge is 2.11. The van der Waals surface area contributed by atoms with E-state index in [1.807, 2.05) is 37.8 Å². The van der Waals surface area contributed by atoms with Crippen molar-refractivity contribution in [1.29, 1.82) is 0 Å². The highest BCUT2D eigenvalue weighted by atomic mass is 16.5. The van der Waals surface area contributed by atoms with Crippen LogP contribution in [0.25, 0.3) is 5.65 Å². The molecule has 2 rings (SSSR count). The fourth-order valence-corrected chi connectivity index (χ4v) is 1.74. The molecule has 0 atom stereocenters. The van der Waals surface area contributed by atoms with Gasteiger partial charge in [0.1, 0.15) is 5.82 Å². The van der Waals surface area contributed by atoms with E-state index in [0.29, 0.717) is 6.61 Å². The minimum Gasteiger partial charge on any atom is -0.380 e. The number of hydrogen-bond acceptors (Lipinski definition) is 5. The first-order valence-electron chi connectivity index (χ1n) is 6.06.